The standard InChI is InChI=1S/C13H27N3O2/c1-10(17)11-5-7-16(9-11)8-6-14-12(18)15-13(2,3)4/h10-11,17H,5-9H2,1-4H3,(H2,14,15,18). The number of carbonyl (C=O) groups excluding carboxylic acids is 1. The zero-order valence-electron chi connectivity index (χ0n) is 12.0. The van der Waals surface area contributed by atoms with Crippen LogP contribution >= 0.6 is 0 Å². The zero-order chi connectivity index (χ0) is 13.8. The second kappa shape index (κ2) is 6.38. The van der Waals surface area contributed by atoms with Crippen molar-refractivity contribution in [3.05, 3.63) is 0 Å². The molecular formula is C13H27N3O2. The highest BCUT2D eigenvalue weighted by Gasteiger charge is 2.25. The molecule has 0 bridgehead atoms. The van der Waals surface area contributed by atoms with Gasteiger partial charge in [-0.15, -0.1) is 0 Å². The van der Waals surface area contributed by atoms with Gasteiger partial charge < -0.3 is 20.6 Å². The molecule has 0 aliphatic carbocycles. The number of hydrogen-bond acceptors (Lipinski definition) is 3. The Hall–Kier alpha value is -0.810. The summed E-state index contributed by atoms with van der Waals surface area (Å²) in [4.78, 5) is 13.8. The van der Waals surface area contributed by atoms with Gasteiger partial charge in [-0.2, -0.15) is 0 Å². The second-order valence-corrected chi connectivity index (χ2v) is 6.22. The number of hydrogen-bond donors (Lipinski definition) is 3. The third-order valence-corrected chi connectivity index (χ3v) is 3.19. The fraction of sp³-hybridized carbons (Fsp3) is 0.923. The summed E-state index contributed by atoms with van der Waals surface area (Å²) in [6.07, 6.45) is 0.818. The molecule has 0 aromatic carbocycles. The number of aliphatic hydroxyl groups is 1. The lowest BCUT2D eigenvalue weighted by Crippen LogP contribution is -2.48. The van der Waals surface area contributed by atoms with Crippen LogP contribution in [0.4, 0.5) is 4.79 Å². The molecule has 1 aliphatic heterocycles. The third kappa shape index (κ3) is 5.69. The van der Waals surface area contributed by atoms with Crippen LogP contribution in [-0.4, -0.2) is 53.9 Å². The van der Waals surface area contributed by atoms with Crippen molar-refractivity contribution in [2.45, 2.75) is 45.8 Å². The van der Waals surface area contributed by atoms with E-state index in [4.69, 9.17) is 0 Å². The maximum absolute atomic E-state index is 11.5. The van der Waals surface area contributed by atoms with Gasteiger partial charge in [0.15, 0.2) is 0 Å². The van der Waals surface area contributed by atoms with E-state index in [0.29, 0.717) is 12.5 Å². The van der Waals surface area contributed by atoms with Gasteiger partial charge >= 0.3 is 6.03 Å². The fourth-order valence-corrected chi connectivity index (χ4v) is 2.17. The zero-order valence-corrected chi connectivity index (χ0v) is 12.0. The third-order valence-electron chi connectivity index (χ3n) is 3.19. The summed E-state index contributed by atoms with van der Waals surface area (Å²) in [5, 5.41) is 15.2. The predicted octanol–water partition coefficient (Wildman–Crippen LogP) is 0.787. The van der Waals surface area contributed by atoms with Crippen LogP contribution < -0.4 is 10.6 Å². The Balaban J connectivity index is 2.14. The summed E-state index contributed by atoms with van der Waals surface area (Å²) in [5.74, 6) is 0.383. The number of aliphatic hydroxyl groups excluding tert-OH is 1. The first-order valence-corrected chi connectivity index (χ1v) is 6.74. The average Bonchev–Trinajstić information content (AvgIpc) is 2.63. The van der Waals surface area contributed by atoms with Crippen LogP contribution in [0.25, 0.3) is 0 Å². The lowest BCUT2D eigenvalue weighted by atomic mass is 10.0. The summed E-state index contributed by atoms with van der Waals surface area (Å²) < 4.78 is 0. The number of carbonyl (C=O) groups is 1. The number of nitrogens with one attached hydrogen (secondary N) is 2. The lowest BCUT2D eigenvalue weighted by Gasteiger charge is -2.22. The first-order valence-electron chi connectivity index (χ1n) is 6.74. The van der Waals surface area contributed by atoms with Gasteiger partial charge in [0.2, 0.25) is 0 Å². The van der Waals surface area contributed by atoms with Gasteiger partial charge in [0.05, 0.1) is 6.10 Å². The molecule has 3 N–H and O–H groups in total. The molecule has 0 radical (unpaired) electrons. The minimum absolute atomic E-state index is 0.117. The van der Waals surface area contributed by atoms with E-state index in [1.807, 2.05) is 27.7 Å². The normalized spacial score (nSPS) is 22.8. The van der Waals surface area contributed by atoms with Crippen LogP contribution in [0.15, 0.2) is 0 Å². The van der Waals surface area contributed by atoms with E-state index in [-0.39, 0.29) is 17.7 Å². The Kier molecular flexibility index (Phi) is 5.41. The van der Waals surface area contributed by atoms with Crippen molar-refractivity contribution in [2.75, 3.05) is 26.2 Å². The smallest absolute Gasteiger partial charge is 0.315 e. The molecule has 1 fully saturated rings. The molecule has 0 spiro atoms. The summed E-state index contributed by atoms with van der Waals surface area (Å²) in [6, 6.07) is -0.117. The van der Waals surface area contributed by atoms with Crippen LogP contribution in [-0.2, 0) is 0 Å². The van der Waals surface area contributed by atoms with E-state index in [9.17, 15) is 9.90 Å². The van der Waals surface area contributed by atoms with Gasteiger partial charge in [-0.1, -0.05) is 0 Å². The molecule has 2 atom stereocenters. The van der Waals surface area contributed by atoms with E-state index >= 15 is 0 Å². The highest BCUT2D eigenvalue weighted by Crippen LogP contribution is 2.18. The lowest BCUT2D eigenvalue weighted by molar-refractivity contribution is 0.128. The largest absolute Gasteiger partial charge is 0.393 e. The van der Waals surface area contributed by atoms with E-state index in [0.717, 1.165) is 26.1 Å². The van der Waals surface area contributed by atoms with E-state index < -0.39 is 0 Å². The Morgan fingerprint density at radius 2 is 2.17 bits per heavy atom. The topological polar surface area (TPSA) is 64.6 Å². The molecule has 1 rings (SSSR count). The highest BCUT2D eigenvalue weighted by atomic mass is 16.3. The maximum Gasteiger partial charge on any atom is 0.315 e. The van der Waals surface area contributed by atoms with Crippen LogP contribution in [0.1, 0.15) is 34.1 Å². The first-order chi connectivity index (χ1) is 8.28. The summed E-state index contributed by atoms with van der Waals surface area (Å²) in [6.45, 7) is 11.2. The number of rotatable bonds is 4. The molecule has 2 amide bonds. The Morgan fingerprint density at radius 1 is 1.50 bits per heavy atom. The minimum Gasteiger partial charge on any atom is -0.393 e. The van der Waals surface area contributed by atoms with Gasteiger partial charge in [-0.3, -0.25) is 0 Å². The number of amides is 2. The minimum atomic E-state index is -0.229. The van der Waals surface area contributed by atoms with Gasteiger partial charge in [-0.25, -0.2) is 4.79 Å². The van der Waals surface area contributed by atoms with Crippen LogP contribution in [0, 0.1) is 5.92 Å². The molecule has 106 valence electrons. The van der Waals surface area contributed by atoms with Crippen LogP contribution in [0.2, 0.25) is 0 Å². The van der Waals surface area contributed by atoms with Gasteiger partial charge in [-0.05, 0) is 46.6 Å². The summed E-state index contributed by atoms with van der Waals surface area (Å²) >= 11 is 0. The molecule has 1 aliphatic rings. The van der Waals surface area contributed by atoms with E-state index in [2.05, 4.69) is 15.5 Å². The Labute approximate surface area is 110 Å². The van der Waals surface area contributed by atoms with Crippen LogP contribution in [0.5, 0.6) is 0 Å². The van der Waals surface area contributed by atoms with Crippen molar-refractivity contribution < 1.29 is 9.90 Å². The molecule has 1 heterocycles. The molecule has 18 heavy (non-hydrogen) atoms. The number of likely N-dealkylation sites (tertiary alicyclic amines) is 1. The monoisotopic (exact) mass is 257 g/mol. The number of urea groups is 1. The molecule has 1 saturated heterocycles. The SMILES string of the molecule is CC(O)C1CCN(CCNC(=O)NC(C)(C)C)C1. The van der Waals surface area contributed by atoms with E-state index in [1.54, 1.807) is 0 Å². The maximum atomic E-state index is 11.5. The molecule has 0 aromatic heterocycles. The van der Waals surface area contributed by atoms with Gasteiger partial charge in [0.25, 0.3) is 0 Å². The Bertz CT molecular complexity index is 274. The Morgan fingerprint density at radius 3 is 2.67 bits per heavy atom. The summed E-state index contributed by atoms with van der Waals surface area (Å²) in [5.41, 5.74) is -0.199. The second-order valence-electron chi connectivity index (χ2n) is 6.22. The fourth-order valence-electron chi connectivity index (χ4n) is 2.17. The molecule has 5 heteroatoms. The molecule has 0 saturated carbocycles. The van der Waals surface area contributed by atoms with Gasteiger partial charge in [0.1, 0.15) is 0 Å². The molecular weight excluding hydrogens is 230 g/mol. The van der Waals surface area contributed by atoms with Crippen molar-refractivity contribution >= 4 is 6.03 Å². The van der Waals surface area contributed by atoms with Crippen molar-refractivity contribution in [1.82, 2.24) is 15.5 Å². The average molecular weight is 257 g/mol. The van der Waals surface area contributed by atoms with Crippen LogP contribution in [0.3, 0.4) is 0 Å². The number of nitrogens with zero attached hydrogens (tertiary/aromatic N) is 1. The van der Waals surface area contributed by atoms with Crippen molar-refractivity contribution in [2.24, 2.45) is 5.92 Å². The van der Waals surface area contributed by atoms with Crippen molar-refractivity contribution in [3.63, 3.8) is 0 Å². The molecule has 2 unspecified atom stereocenters. The van der Waals surface area contributed by atoms with Crippen molar-refractivity contribution in [3.8, 4) is 0 Å². The quantitative estimate of drug-likeness (QED) is 0.697. The molecule has 5 nitrogen and oxygen atoms in total. The van der Waals surface area contributed by atoms with E-state index in [1.165, 1.54) is 0 Å². The molecule has 0 aromatic rings. The summed E-state index contributed by atoms with van der Waals surface area (Å²) in [7, 11) is 0. The van der Waals surface area contributed by atoms with Gasteiger partial charge in [0, 0.05) is 25.2 Å². The first kappa shape index (κ1) is 15.2. The van der Waals surface area contributed by atoms with Crippen molar-refractivity contribution in [1.29, 1.82) is 0 Å². The predicted molar refractivity (Wildman–Crippen MR) is 72.5 cm³/mol. The highest BCUT2D eigenvalue weighted by molar-refractivity contribution is 5.74.